The van der Waals surface area contributed by atoms with Gasteiger partial charge in [-0.1, -0.05) is 0 Å². The number of nitrogens with zero attached hydrogens (tertiary/aromatic N) is 2. The minimum absolute atomic E-state index is 0.379. The molecule has 2 heterocycles. The molecule has 0 bridgehead atoms. The number of carbonyl (C=O) groups excluding carboxylic acids is 1. The van der Waals surface area contributed by atoms with Crippen LogP contribution in [0.25, 0.3) is 0 Å². The molecule has 2 amide bonds. The molecule has 0 fully saturated rings. The van der Waals surface area contributed by atoms with Gasteiger partial charge in [-0.05, 0) is 19.1 Å². The Bertz CT molecular complexity index is 491. The second kappa shape index (κ2) is 4.52. The lowest BCUT2D eigenvalue weighted by Crippen LogP contribution is -2.52. The van der Waals surface area contributed by atoms with Crippen molar-refractivity contribution in [3.05, 3.63) is 18.3 Å². The van der Waals surface area contributed by atoms with Gasteiger partial charge in [0.25, 0.3) is 5.91 Å². The molecule has 2 rings (SSSR count). The highest BCUT2D eigenvalue weighted by Crippen LogP contribution is 2.29. The zero-order chi connectivity index (χ0) is 13.3. The number of amides is 2. The predicted octanol–water partition coefficient (Wildman–Crippen LogP) is 0.462. The fourth-order valence-electron chi connectivity index (χ4n) is 1.82. The molecule has 7 heteroatoms. The van der Waals surface area contributed by atoms with Crippen LogP contribution in [0.3, 0.4) is 0 Å². The highest BCUT2D eigenvalue weighted by atomic mass is 16.5. The van der Waals surface area contributed by atoms with Crippen molar-refractivity contribution in [2.45, 2.75) is 19.1 Å². The van der Waals surface area contributed by atoms with Gasteiger partial charge in [-0.25, -0.2) is 9.78 Å². The molecular weight excluding hydrogens is 238 g/mol. The second-order valence-electron chi connectivity index (χ2n) is 3.97. The smallest absolute Gasteiger partial charge is 0.405 e. The van der Waals surface area contributed by atoms with Gasteiger partial charge in [0.15, 0.2) is 11.6 Å². The van der Waals surface area contributed by atoms with Gasteiger partial charge >= 0.3 is 6.09 Å². The number of likely N-dealkylation sites (N-methyl/N-ethyl adjacent to an activating group) is 1. The van der Waals surface area contributed by atoms with E-state index in [-0.39, 0.29) is 0 Å². The van der Waals surface area contributed by atoms with Crippen LogP contribution in [-0.2, 0) is 4.79 Å². The van der Waals surface area contributed by atoms with Crippen molar-refractivity contribution in [2.24, 2.45) is 0 Å². The quantitative estimate of drug-likeness (QED) is 0.756. The van der Waals surface area contributed by atoms with E-state index < -0.39 is 24.1 Å². The van der Waals surface area contributed by atoms with E-state index in [1.54, 1.807) is 25.3 Å². The van der Waals surface area contributed by atoms with E-state index in [2.05, 4.69) is 10.3 Å². The summed E-state index contributed by atoms with van der Waals surface area (Å²) in [7, 11) is 1.53. The number of carboxylic acid groups (broad SMARTS) is 1. The number of pyridine rings is 1. The summed E-state index contributed by atoms with van der Waals surface area (Å²) in [5.41, 5.74) is 0. The van der Waals surface area contributed by atoms with Gasteiger partial charge in [0.2, 0.25) is 0 Å². The maximum Gasteiger partial charge on any atom is 0.405 e. The molecule has 1 aromatic rings. The number of hydrogen-bond acceptors (Lipinski definition) is 4. The number of anilines is 1. The van der Waals surface area contributed by atoms with Crippen LogP contribution in [0.5, 0.6) is 5.75 Å². The van der Waals surface area contributed by atoms with Crippen LogP contribution in [0.2, 0.25) is 0 Å². The molecule has 2 N–H and O–H groups in total. The number of rotatable bonds is 1. The van der Waals surface area contributed by atoms with E-state index in [0.29, 0.717) is 11.6 Å². The number of aromatic nitrogens is 1. The predicted molar refractivity (Wildman–Crippen MR) is 62.7 cm³/mol. The zero-order valence-electron chi connectivity index (χ0n) is 9.95. The third kappa shape index (κ3) is 2.06. The molecule has 0 aromatic carbocycles. The summed E-state index contributed by atoms with van der Waals surface area (Å²) in [4.78, 5) is 28.2. The van der Waals surface area contributed by atoms with Crippen molar-refractivity contribution in [3.63, 3.8) is 0 Å². The number of hydrogen-bond donors (Lipinski definition) is 2. The Balaban J connectivity index is 2.38. The SMILES string of the molecule is C[C@H]1Oc2cccnc2N(C)C(=O)[C@H]1NC(=O)O. The summed E-state index contributed by atoms with van der Waals surface area (Å²) >= 11 is 0. The molecule has 96 valence electrons. The lowest BCUT2D eigenvalue weighted by atomic mass is 10.1. The van der Waals surface area contributed by atoms with Crippen LogP contribution in [0.15, 0.2) is 18.3 Å². The Morgan fingerprint density at radius 2 is 2.33 bits per heavy atom. The van der Waals surface area contributed by atoms with E-state index in [1.165, 1.54) is 11.9 Å². The third-order valence-corrected chi connectivity index (χ3v) is 2.73. The van der Waals surface area contributed by atoms with Crippen molar-refractivity contribution in [3.8, 4) is 5.75 Å². The van der Waals surface area contributed by atoms with E-state index in [0.717, 1.165) is 0 Å². The van der Waals surface area contributed by atoms with Crippen LogP contribution in [0.1, 0.15) is 6.92 Å². The van der Waals surface area contributed by atoms with E-state index in [9.17, 15) is 9.59 Å². The summed E-state index contributed by atoms with van der Waals surface area (Å²) in [5.74, 6) is 0.432. The normalized spacial score (nSPS) is 22.8. The Morgan fingerprint density at radius 1 is 1.61 bits per heavy atom. The summed E-state index contributed by atoms with van der Waals surface area (Å²) in [6.45, 7) is 1.63. The van der Waals surface area contributed by atoms with Crippen molar-refractivity contribution in [1.29, 1.82) is 0 Å². The van der Waals surface area contributed by atoms with Gasteiger partial charge in [-0.3, -0.25) is 9.69 Å². The van der Waals surface area contributed by atoms with Crippen molar-refractivity contribution < 1.29 is 19.4 Å². The van der Waals surface area contributed by atoms with Gasteiger partial charge in [0.1, 0.15) is 12.1 Å². The fourth-order valence-corrected chi connectivity index (χ4v) is 1.82. The van der Waals surface area contributed by atoms with Crippen molar-refractivity contribution in [2.75, 3.05) is 11.9 Å². The van der Waals surface area contributed by atoms with Crippen LogP contribution >= 0.6 is 0 Å². The zero-order valence-corrected chi connectivity index (χ0v) is 9.95. The molecule has 0 saturated heterocycles. The summed E-state index contributed by atoms with van der Waals surface area (Å²) < 4.78 is 5.56. The highest BCUT2D eigenvalue weighted by molar-refractivity contribution is 5.99. The minimum Gasteiger partial charge on any atom is -0.484 e. The molecule has 18 heavy (non-hydrogen) atoms. The summed E-state index contributed by atoms with van der Waals surface area (Å²) in [6, 6.07) is 2.42. The first-order valence-corrected chi connectivity index (χ1v) is 5.39. The molecule has 0 spiro atoms. The summed E-state index contributed by atoms with van der Waals surface area (Å²) in [6.07, 6.45) is -0.334. The Kier molecular flexibility index (Phi) is 3.05. The monoisotopic (exact) mass is 251 g/mol. The van der Waals surface area contributed by atoms with Crippen LogP contribution < -0.4 is 15.0 Å². The first-order valence-electron chi connectivity index (χ1n) is 5.39. The van der Waals surface area contributed by atoms with Crippen molar-refractivity contribution >= 4 is 17.8 Å². The van der Waals surface area contributed by atoms with Gasteiger partial charge in [0, 0.05) is 13.2 Å². The average molecular weight is 251 g/mol. The summed E-state index contributed by atoms with van der Waals surface area (Å²) in [5, 5.41) is 10.9. The van der Waals surface area contributed by atoms with E-state index in [4.69, 9.17) is 9.84 Å². The first-order chi connectivity index (χ1) is 8.50. The first kappa shape index (κ1) is 12.2. The minimum atomic E-state index is -1.27. The molecule has 7 nitrogen and oxygen atoms in total. The van der Waals surface area contributed by atoms with E-state index in [1.807, 2.05) is 0 Å². The van der Waals surface area contributed by atoms with Crippen LogP contribution in [0, 0.1) is 0 Å². The van der Waals surface area contributed by atoms with Gasteiger partial charge < -0.3 is 15.2 Å². The molecule has 2 atom stereocenters. The van der Waals surface area contributed by atoms with Crippen molar-refractivity contribution in [1.82, 2.24) is 10.3 Å². The number of fused-ring (bicyclic) bond motifs is 1. The standard InChI is InChI=1S/C11H13N3O4/c1-6-8(13-11(16)17)10(15)14(2)9-7(18-6)4-3-5-12-9/h3-6,8,13H,1-2H3,(H,16,17)/t6-,8+/m1/s1. The maximum absolute atomic E-state index is 12.1. The van der Waals surface area contributed by atoms with Gasteiger partial charge in [-0.15, -0.1) is 0 Å². The van der Waals surface area contributed by atoms with Gasteiger partial charge in [0.05, 0.1) is 0 Å². The molecule has 1 aliphatic rings. The maximum atomic E-state index is 12.1. The topological polar surface area (TPSA) is 91.8 Å². The van der Waals surface area contributed by atoms with Crippen LogP contribution in [0.4, 0.5) is 10.6 Å². The molecule has 0 aliphatic carbocycles. The molecule has 1 aliphatic heterocycles. The van der Waals surface area contributed by atoms with E-state index >= 15 is 0 Å². The lowest BCUT2D eigenvalue weighted by Gasteiger charge is -2.21. The molecule has 0 unspecified atom stereocenters. The Hall–Kier alpha value is -2.31. The number of ether oxygens (including phenoxy) is 1. The Morgan fingerprint density at radius 3 is 3.00 bits per heavy atom. The third-order valence-electron chi connectivity index (χ3n) is 2.73. The largest absolute Gasteiger partial charge is 0.484 e. The number of carbonyl (C=O) groups is 2. The highest BCUT2D eigenvalue weighted by Gasteiger charge is 2.36. The molecule has 1 aromatic heterocycles. The second-order valence-corrected chi connectivity index (χ2v) is 3.97. The van der Waals surface area contributed by atoms with Gasteiger partial charge in [-0.2, -0.15) is 0 Å². The number of nitrogens with one attached hydrogen (secondary N) is 1. The fraction of sp³-hybridized carbons (Fsp3) is 0.364. The Labute approximate surface area is 103 Å². The van der Waals surface area contributed by atoms with Crippen LogP contribution in [-0.4, -0.2) is 41.3 Å². The molecular formula is C11H13N3O4. The molecule has 0 saturated carbocycles. The molecule has 0 radical (unpaired) electrons. The average Bonchev–Trinajstić information content (AvgIpc) is 2.41. The lowest BCUT2D eigenvalue weighted by molar-refractivity contribution is -0.121.